The predicted molar refractivity (Wildman–Crippen MR) is 88.4 cm³/mol. The molecule has 112 valence electrons. The monoisotopic (exact) mass is 389 g/mol. The number of aromatic nitrogens is 1. The normalized spacial score (nSPS) is 11.2. The minimum Gasteiger partial charge on any atom is -0.383 e. The lowest BCUT2D eigenvalue weighted by atomic mass is 10.3. The Bertz CT molecular complexity index is 753. The van der Waals surface area contributed by atoms with Crippen LogP contribution in [0.1, 0.15) is 6.92 Å². The molecule has 0 radical (unpaired) electrons. The average molecular weight is 391 g/mol. The molecule has 0 atom stereocenters. The van der Waals surface area contributed by atoms with Gasteiger partial charge in [0, 0.05) is 22.2 Å². The lowest BCUT2D eigenvalue weighted by molar-refractivity contribution is 0.598. The Morgan fingerprint density at radius 2 is 2.05 bits per heavy atom. The first kappa shape index (κ1) is 16.1. The summed E-state index contributed by atoms with van der Waals surface area (Å²) in [4.78, 5) is 3.96. The van der Waals surface area contributed by atoms with E-state index < -0.39 is 10.0 Å². The summed E-state index contributed by atoms with van der Waals surface area (Å²) in [6.07, 6.45) is 1.44. The smallest absolute Gasteiger partial charge is 0.281 e. The highest BCUT2D eigenvalue weighted by Crippen LogP contribution is 2.29. The van der Waals surface area contributed by atoms with Crippen LogP contribution in [0.4, 0.5) is 11.4 Å². The molecule has 0 saturated heterocycles. The Balaban J connectivity index is 2.39. The highest BCUT2D eigenvalue weighted by molar-refractivity contribution is 9.10. The van der Waals surface area contributed by atoms with Gasteiger partial charge in [0.25, 0.3) is 10.0 Å². The van der Waals surface area contributed by atoms with Gasteiger partial charge in [-0.05, 0) is 53.2 Å². The molecule has 0 amide bonds. The molecule has 0 aliphatic rings. The summed E-state index contributed by atoms with van der Waals surface area (Å²) in [6, 6.07) is 8.15. The van der Waals surface area contributed by atoms with Gasteiger partial charge in [-0.15, -0.1) is 0 Å². The van der Waals surface area contributed by atoms with E-state index >= 15 is 0 Å². The number of pyridine rings is 1. The molecule has 2 N–H and O–H groups in total. The molecule has 5 nitrogen and oxygen atoms in total. The molecule has 0 fully saturated rings. The summed E-state index contributed by atoms with van der Waals surface area (Å²) in [5.41, 5.74) is 0.852. The van der Waals surface area contributed by atoms with E-state index in [2.05, 4.69) is 31.0 Å². The first-order valence-corrected chi connectivity index (χ1v) is 8.76. The van der Waals surface area contributed by atoms with Gasteiger partial charge in [0.2, 0.25) is 0 Å². The number of sulfonamides is 1. The average Bonchev–Trinajstić information content (AvgIpc) is 2.43. The van der Waals surface area contributed by atoms with Crippen LogP contribution >= 0.6 is 27.5 Å². The molecule has 0 bridgehead atoms. The maximum atomic E-state index is 12.5. The SMILES string of the molecule is CCNc1cccnc1S(=O)(=O)Nc1ccc(Cl)cc1Br. The topological polar surface area (TPSA) is 71.1 Å². The van der Waals surface area contributed by atoms with Crippen molar-refractivity contribution in [1.29, 1.82) is 0 Å². The zero-order chi connectivity index (χ0) is 15.5. The second-order valence-electron chi connectivity index (χ2n) is 4.12. The van der Waals surface area contributed by atoms with E-state index in [0.29, 0.717) is 27.4 Å². The molecule has 0 aliphatic carbocycles. The number of nitrogens with one attached hydrogen (secondary N) is 2. The number of hydrogen-bond acceptors (Lipinski definition) is 4. The largest absolute Gasteiger partial charge is 0.383 e. The first-order valence-electron chi connectivity index (χ1n) is 6.11. The standard InChI is InChI=1S/C13H13BrClN3O2S/c1-2-16-12-4-3-7-17-13(12)21(19,20)18-11-6-5-9(15)8-10(11)14/h3-8,16,18H,2H2,1H3. The summed E-state index contributed by atoms with van der Waals surface area (Å²) < 4.78 is 28.0. The third-order valence-electron chi connectivity index (χ3n) is 2.57. The second-order valence-corrected chi connectivity index (χ2v) is 7.00. The molecule has 2 aromatic rings. The number of hydrogen-bond donors (Lipinski definition) is 2. The van der Waals surface area contributed by atoms with Crippen LogP contribution in [0.5, 0.6) is 0 Å². The molecule has 0 spiro atoms. The molecule has 0 unspecified atom stereocenters. The molecule has 21 heavy (non-hydrogen) atoms. The van der Waals surface area contributed by atoms with Gasteiger partial charge < -0.3 is 5.32 Å². The molecule has 1 aromatic heterocycles. The third kappa shape index (κ3) is 3.87. The highest BCUT2D eigenvalue weighted by atomic mass is 79.9. The Kier molecular flexibility index (Phi) is 5.08. The van der Waals surface area contributed by atoms with Crippen molar-refractivity contribution in [3.8, 4) is 0 Å². The number of halogens is 2. The van der Waals surface area contributed by atoms with Crippen LogP contribution in [0.2, 0.25) is 5.02 Å². The fourth-order valence-electron chi connectivity index (χ4n) is 1.70. The van der Waals surface area contributed by atoms with Crippen molar-refractivity contribution in [3.05, 3.63) is 46.0 Å². The van der Waals surface area contributed by atoms with Crippen molar-refractivity contribution in [3.63, 3.8) is 0 Å². The van der Waals surface area contributed by atoms with E-state index in [1.807, 2.05) is 6.92 Å². The maximum Gasteiger partial charge on any atom is 0.281 e. The molecule has 8 heteroatoms. The van der Waals surface area contributed by atoms with Gasteiger partial charge in [0.1, 0.15) is 0 Å². The van der Waals surface area contributed by atoms with Gasteiger partial charge in [-0.25, -0.2) is 4.98 Å². The second kappa shape index (κ2) is 6.64. The Morgan fingerprint density at radius 3 is 2.71 bits per heavy atom. The zero-order valence-electron chi connectivity index (χ0n) is 11.1. The number of rotatable bonds is 5. The van der Waals surface area contributed by atoms with Crippen molar-refractivity contribution in [2.75, 3.05) is 16.6 Å². The molecule has 1 aromatic carbocycles. The van der Waals surface area contributed by atoms with Gasteiger partial charge in [0.05, 0.1) is 11.4 Å². The molecule has 0 aliphatic heterocycles. The quantitative estimate of drug-likeness (QED) is 0.816. The Hall–Kier alpha value is -1.31. The van der Waals surface area contributed by atoms with E-state index in [4.69, 9.17) is 11.6 Å². The van der Waals surface area contributed by atoms with Crippen LogP contribution in [0.15, 0.2) is 46.0 Å². The highest BCUT2D eigenvalue weighted by Gasteiger charge is 2.21. The van der Waals surface area contributed by atoms with Crippen LogP contribution in [0.25, 0.3) is 0 Å². The van der Waals surface area contributed by atoms with Crippen LogP contribution < -0.4 is 10.0 Å². The minimum atomic E-state index is -3.80. The van der Waals surface area contributed by atoms with Crippen molar-refractivity contribution >= 4 is 48.9 Å². The van der Waals surface area contributed by atoms with E-state index in [-0.39, 0.29) is 5.03 Å². The summed E-state index contributed by atoms with van der Waals surface area (Å²) in [7, 11) is -3.80. The molecule has 1 heterocycles. The Labute approximate surface area is 136 Å². The zero-order valence-corrected chi connectivity index (χ0v) is 14.3. The molecular weight excluding hydrogens is 378 g/mol. The van der Waals surface area contributed by atoms with Crippen LogP contribution in [-0.4, -0.2) is 19.9 Å². The van der Waals surface area contributed by atoms with E-state index in [9.17, 15) is 8.42 Å². The first-order chi connectivity index (χ1) is 9.94. The fourth-order valence-corrected chi connectivity index (χ4v) is 3.80. The van der Waals surface area contributed by atoms with Gasteiger partial charge in [0.15, 0.2) is 5.03 Å². The van der Waals surface area contributed by atoms with Gasteiger partial charge in [-0.1, -0.05) is 11.6 Å². The van der Waals surface area contributed by atoms with Gasteiger partial charge in [-0.3, -0.25) is 4.72 Å². The summed E-state index contributed by atoms with van der Waals surface area (Å²) in [6.45, 7) is 2.48. The number of nitrogens with zero attached hydrogens (tertiary/aromatic N) is 1. The summed E-state index contributed by atoms with van der Waals surface area (Å²) in [5, 5.41) is 3.44. The maximum absolute atomic E-state index is 12.5. The lowest BCUT2D eigenvalue weighted by Gasteiger charge is -2.13. The molecular formula is C13H13BrClN3O2S. The summed E-state index contributed by atoms with van der Waals surface area (Å²) >= 11 is 9.12. The van der Waals surface area contributed by atoms with Crippen molar-refractivity contribution in [2.24, 2.45) is 0 Å². The van der Waals surface area contributed by atoms with E-state index in [1.165, 1.54) is 6.20 Å². The predicted octanol–water partition coefficient (Wildman–Crippen LogP) is 3.73. The van der Waals surface area contributed by atoms with E-state index in [0.717, 1.165) is 0 Å². The fraction of sp³-hybridized carbons (Fsp3) is 0.154. The summed E-state index contributed by atoms with van der Waals surface area (Å²) in [5.74, 6) is 0. The van der Waals surface area contributed by atoms with Crippen LogP contribution in [0.3, 0.4) is 0 Å². The van der Waals surface area contributed by atoms with Crippen LogP contribution in [0, 0.1) is 0 Å². The van der Waals surface area contributed by atoms with Crippen molar-refractivity contribution in [1.82, 2.24) is 4.98 Å². The number of anilines is 2. The van der Waals surface area contributed by atoms with Gasteiger partial charge in [-0.2, -0.15) is 8.42 Å². The van der Waals surface area contributed by atoms with E-state index in [1.54, 1.807) is 30.3 Å². The molecule has 0 saturated carbocycles. The minimum absolute atomic E-state index is 0.0475. The Morgan fingerprint density at radius 1 is 1.29 bits per heavy atom. The van der Waals surface area contributed by atoms with Gasteiger partial charge >= 0.3 is 0 Å². The lowest BCUT2D eigenvalue weighted by Crippen LogP contribution is -2.17. The molecule has 2 rings (SSSR count). The third-order valence-corrected chi connectivity index (χ3v) is 4.78. The number of benzene rings is 1. The van der Waals surface area contributed by atoms with Crippen LogP contribution in [-0.2, 0) is 10.0 Å². The van der Waals surface area contributed by atoms with Crippen molar-refractivity contribution < 1.29 is 8.42 Å². The van der Waals surface area contributed by atoms with Crippen molar-refractivity contribution in [2.45, 2.75) is 11.9 Å².